The fourth-order valence-electron chi connectivity index (χ4n) is 2.34. The Kier molecular flexibility index (Phi) is 4.72. The van der Waals surface area contributed by atoms with E-state index in [-0.39, 0.29) is 29.9 Å². The summed E-state index contributed by atoms with van der Waals surface area (Å²) in [4.78, 5) is 13.9. The fourth-order valence-corrected chi connectivity index (χ4v) is 2.34. The van der Waals surface area contributed by atoms with Crippen molar-refractivity contribution < 1.29 is 27.8 Å². The molecule has 1 atom stereocenters. The molecule has 21 heavy (non-hydrogen) atoms. The number of alkyl halides is 3. The zero-order valence-electron chi connectivity index (χ0n) is 11.3. The fraction of sp³-hybridized carbons (Fsp3) is 0.500. The lowest BCUT2D eigenvalue weighted by atomic mass is 10.1. The standard InChI is InChI=1S/C14H16F3NO3/c15-14(16,17)9-21-12-5-1-3-10(7-12)13(20)18-6-2-4-11(18)8-19/h1,3,5,7,11,19H,2,4,6,8-9H2/t11-/m1/s1. The van der Waals surface area contributed by atoms with Crippen molar-refractivity contribution >= 4 is 5.91 Å². The lowest BCUT2D eigenvalue weighted by molar-refractivity contribution is -0.153. The largest absolute Gasteiger partial charge is 0.484 e. The van der Waals surface area contributed by atoms with Crippen LogP contribution < -0.4 is 4.74 Å². The first kappa shape index (κ1) is 15.6. The first-order valence-corrected chi connectivity index (χ1v) is 6.62. The van der Waals surface area contributed by atoms with E-state index < -0.39 is 12.8 Å². The number of benzene rings is 1. The quantitative estimate of drug-likeness (QED) is 0.928. The van der Waals surface area contributed by atoms with E-state index in [2.05, 4.69) is 4.74 Å². The van der Waals surface area contributed by atoms with Crippen LogP contribution in [0.2, 0.25) is 0 Å². The van der Waals surface area contributed by atoms with E-state index in [1.165, 1.54) is 24.3 Å². The molecule has 1 fully saturated rings. The highest BCUT2D eigenvalue weighted by Crippen LogP contribution is 2.23. The Hall–Kier alpha value is -1.76. The van der Waals surface area contributed by atoms with Gasteiger partial charge in [0, 0.05) is 12.1 Å². The Labute approximate surface area is 120 Å². The van der Waals surface area contributed by atoms with Crippen LogP contribution in [0.4, 0.5) is 13.2 Å². The molecule has 1 aromatic rings. The molecular formula is C14H16F3NO3. The summed E-state index contributed by atoms with van der Waals surface area (Å²) >= 11 is 0. The van der Waals surface area contributed by atoms with Gasteiger partial charge in [-0.2, -0.15) is 13.2 Å². The first-order chi connectivity index (χ1) is 9.90. The maximum Gasteiger partial charge on any atom is 0.422 e. The van der Waals surface area contributed by atoms with Gasteiger partial charge in [0.15, 0.2) is 6.61 Å². The van der Waals surface area contributed by atoms with Gasteiger partial charge in [0.1, 0.15) is 5.75 Å². The van der Waals surface area contributed by atoms with Gasteiger partial charge >= 0.3 is 6.18 Å². The number of carbonyl (C=O) groups is 1. The molecule has 1 amide bonds. The first-order valence-electron chi connectivity index (χ1n) is 6.62. The summed E-state index contributed by atoms with van der Waals surface area (Å²) in [5.74, 6) is -0.304. The van der Waals surface area contributed by atoms with Crippen molar-refractivity contribution in [3.05, 3.63) is 29.8 Å². The van der Waals surface area contributed by atoms with E-state index in [4.69, 9.17) is 0 Å². The molecule has 0 bridgehead atoms. The molecule has 0 saturated carbocycles. The van der Waals surface area contributed by atoms with Crippen LogP contribution in [0, 0.1) is 0 Å². The summed E-state index contributed by atoms with van der Waals surface area (Å²) in [7, 11) is 0. The van der Waals surface area contributed by atoms with Gasteiger partial charge in [-0.05, 0) is 31.0 Å². The van der Waals surface area contributed by atoms with Gasteiger partial charge in [-0.15, -0.1) is 0 Å². The predicted octanol–water partition coefficient (Wildman–Crippen LogP) is 2.22. The maximum atomic E-state index is 12.3. The zero-order chi connectivity index (χ0) is 15.5. The minimum Gasteiger partial charge on any atom is -0.484 e. The van der Waals surface area contributed by atoms with Crippen LogP contribution in [0.15, 0.2) is 24.3 Å². The van der Waals surface area contributed by atoms with E-state index >= 15 is 0 Å². The lowest BCUT2D eigenvalue weighted by Crippen LogP contribution is -2.37. The number of aliphatic hydroxyl groups excluding tert-OH is 1. The van der Waals surface area contributed by atoms with E-state index in [1.54, 1.807) is 4.90 Å². The van der Waals surface area contributed by atoms with Crippen molar-refractivity contribution in [3.63, 3.8) is 0 Å². The van der Waals surface area contributed by atoms with Crippen molar-refractivity contribution in [2.75, 3.05) is 19.8 Å². The number of halogens is 3. The Bertz CT molecular complexity index is 504. The number of ether oxygens (including phenoxy) is 1. The maximum absolute atomic E-state index is 12.3. The lowest BCUT2D eigenvalue weighted by Gasteiger charge is -2.23. The highest BCUT2D eigenvalue weighted by molar-refractivity contribution is 5.95. The smallest absolute Gasteiger partial charge is 0.422 e. The summed E-state index contributed by atoms with van der Waals surface area (Å²) in [6.45, 7) is -0.971. The average Bonchev–Trinajstić information content (AvgIpc) is 2.92. The third kappa shape index (κ3) is 4.10. The molecule has 0 radical (unpaired) electrons. The molecule has 1 aromatic carbocycles. The van der Waals surface area contributed by atoms with Gasteiger partial charge in [-0.25, -0.2) is 0 Å². The molecular weight excluding hydrogens is 287 g/mol. The number of likely N-dealkylation sites (tertiary alicyclic amines) is 1. The summed E-state index contributed by atoms with van der Waals surface area (Å²) < 4.78 is 41.0. The van der Waals surface area contributed by atoms with Crippen molar-refractivity contribution in [1.82, 2.24) is 4.90 Å². The van der Waals surface area contributed by atoms with Gasteiger partial charge < -0.3 is 14.7 Å². The Balaban J connectivity index is 2.08. The minimum absolute atomic E-state index is 0.00193. The van der Waals surface area contributed by atoms with Crippen molar-refractivity contribution in [1.29, 1.82) is 0 Å². The number of hydrogen-bond acceptors (Lipinski definition) is 3. The van der Waals surface area contributed by atoms with Crippen molar-refractivity contribution in [2.45, 2.75) is 25.1 Å². The number of rotatable bonds is 4. The third-order valence-corrected chi connectivity index (χ3v) is 3.33. The Morgan fingerprint density at radius 1 is 1.43 bits per heavy atom. The summed E-state index contributed by atoms with van der Waals surface area (Å²) in [5.41, 5.74) is 0.259. The van der Waals surface area contributed by atoms with E-state index in [9.17, 15) is 23.1 Å². The third-order valence-electron chi connectivity index (χ3n) is 3.33. The number of carbonyl (C=O) groups excluding carboxylic acids is 1. The van der Waals surface area contributed by atoms with Crippen LogP contribution in [0.5, 0.6) is 5.75 Å². The second-order valence-electron chi connectivity index (χ2n) is 4.91. The topological polar surface area (TPSA) is 49.8 Å². The van der Waals surface area contributed by atoms with Gasteiger partial charge in [0.25, 0.3) is 5.91 Å². The molecule has 1 heterocycles. The number of amides is 1. The number of aliphatic hydroxyl groups is 1. The second kappa shape index (κ2) is 6.34. The zero-order valence-corrected chi connectivity index (χ0v) is 11.3. The Morgan fingerprint density at radius 2 is 2.19 bits per heavy atom. The summed E-state index contributed by atoms with van der Waals surface area (Å²) in [5, 5.41) is 9.22. The van der Waals surface area contributed by atoms with Gasteiger partial charge in [-0.3, -0.25) is 4.79 Å². The normalized spacial score (nSPS) is 18.9. The van der Waals surface area contributed by atoms with E-state index in [0.717, 1.165) is 12.8 Å². The average molecular weight is 303 g/mol. The predicted molar refractivity (Wildman–Crippen MR) is 69.1 cm³/mol. The van der Waals surface area contributed by atoms with Crippen LogP contribution in [0.25, 0.3) is 0 Å². The monoisotopic (exact) mass is 303 g/mol. The molecule has 1 aliphatic heterocycles. The molecule has 2 rings (SSSR count). The Morgan fingerprint density at radius 3 is 2.86 bits per heavy atom. The molecule has 0 aliphatic carbocycles. The molecule has 0 unspecified atom stereocenters. The minimum atomic E-state index is -4.42. The van der Waals surface area contributed by atoms with Crippen molar-refractivity contribution in [2.24, 2.45) is 0 Å². The highest BCUT2D eigenvalue weighted by Gasteiger charge is 2.30. The molecule has 1 saturated heterocycles. The van der Waals surface area contributed by atoms with Crippen LogP contribution in [-0.2, 0) is 0 Å². The second-order valence-corrected chi connectivity index (χ2v) is 4.91. The van der Waals surface area contributed by atoms with Crippen molar-refractivity contribution in [3.8, 4) is 5.75 Å². The molecule has 1 N–H and O–H groups in total. The molecule has 4 nitrogen and oxygen atoms in total. The molecule has 116 valence electrons. The van der Waals surface area contributed by atoms with E-state index in [0.29, 0.717) is 6.54 Å². The summed E-state index contributed by atoms with van der Waals surface area (Å²) in [6, 6.07) is 5.44. The van der Waals surface area contributed by atoms with Crippen LogP contribution >= 0.6 is 0 Å². The van der Waals surface area contributed by atoms with E-state index in [1.807, 2.05) is 0 Å². The van der Waals surface area contributed by atoms with Gasteiger partial charge in [0.05, 0.1) is 12.6 Å². The molecule has 0 aromatic heterocycles. The highest BCUT2D eigenvalue weighted by atomic mass is 19.4. The summed E-state index contributed by atoms with van der Waals surface area (Å²) in [6.07, 6.45) is -2.88. The van der Waals surface area contributed by atoms with Gasteiger partial charge in [-0.1, -0.05) is 6.07 Å². The van der Waals surface area contributed by atoms with Crippen LogP contribution in [0.1, 0.15) is 23.2 Å². The SMILES string of the molecule is O=C(c1cccc(OCC(F)(F)F)c1)N1CCC[C@@H]1CO. The number of hydrogen-bond donors (Lipinski definition) is 1. The molecule has 1 aliphatic rings. The number of nitrogens with zero attached hydrogens (tertiary/aromatic N) is 1. The van der Waals surface area contributed by atoms with Crippen LogP contribution in [0.3, 0.4) is 0 Å². The molecule has 0 spiro atoms. The van der Waals surface area contributed by atoms with Crippen LogP contribution in [-0.4, -0.2) is 47.9 Å². The van der Waals surface area contributed by atoms with Gasteiger partial charge in [0.2, 0.25) is 0 Å². The molecule has 7 heteroatoms.